The SMILES string of the molecule is O=C(Nc1ccc(-c2nnc3n2CCCCCC3)cc1)c1ccc(F)c(F)c1. The van der Waals surface area contributed by atoms with Gasteiger partial charge >= 0.3 is 0 Å². The molecule has 4 rings (SSSR count). The van der Waals surface area contributed by atoms with Crippen LogP contribution in [0, 0.1) is 11.6 Å². The number of aryl methyl sites for hydroxylation is 1. The lowest BCUT2D eigenvalue weighted by atomic mass is 10.1. The van der Waals surface area contributed by atoms with Crippen molar-refractivity contribution >= 4 is 11.6 Å². The average molecular weight is 382 g/mol. The molecule has 144 valence electrons. The summed E-state index contributed by atoms with van der Waals surface area (Å²) in [5.74, 6) is -0.685. The summed E-state index contributed by atoms with van der Waals surface area (Å²) in [5.41, 5.74) is 1.54. The number of aromatic nitrogens is 3. The second-order valence-corrected chi connectivity index (χ2v) is 6.92. The lowest BCUT2D eigenvalue weighted by molar-refractivity contribution is 0.102. The number of carbonyl (C=O) groups is 1. The highest BCUT2D eigenvalue weighted by Crippen LogP contribution is 2.24. The van der Waals surface area contributed by atoms with Gasteiger partial charge in [0.15, 0.2) is 17.5 Å². The Morgan fingerprint density at radius 3 is 2.50 bits per heavy atom. The van der Waals surface area contributed by atoms with Crippen molar-refractivity contribution in [2.75, 3.05) is 5.32 Å². The maximum atomic E-state index is 13.3. The van der Waals surface area contributed by atoms with Crippen LogP contribution in [0.4, 0.5) is 14.5 Å². The van der Waals surface area contributed by atoms with Crippen LogP contribution in [0.5, 0.6) is 0 Å². The Labute approximate surface area is 161 Å². The Kier molecular flexibility index (Phi) is 5.14. The molecule has 28 heavy (non-hydrogen) atoms. The zero-order chi connectivity index (χ0) is 19.5. The van der Waals surface area contributed by atoms with Gasteiger partial charge in [-0.1, -0.05) is 12.8 Å². The van der Waals surface area contributed by atoms with Gasteiger partial charge in [0.1, 0.15) is 5.82 Å². The fourth-order valence-electron chi connectivity index (χ4n) is 3.42. The van der Waals surface area contributed by atoms with Crippen LogP contribution >= 0.6 is 0 Å². The molecule has 0 radical (unpaired) electrons. The van der Waals surface area contributed by atoms with Crippen LogP contribution in [-0.2, 0) is 13.0 Å². The van der Waals surface area contributed by atoms with E-state index in [1.807, 2.05) is 12.1 Å². The zero-order valence-electron chi connectivity index (χ0n) is 15.3. The summed E-state index contributed by atoms with van der Waals surface area (Å²) < 4.78 is 28.5. The number of hydrogen-bond acceptors (Lipinski definition) is 3. The topological polar surface area (TPSA) is 59.8 Å². The summed E-state index contributed by atoms with van der Waals surface area (Å²) >= 11 is 0. The molecule has 0 unspecified atom stereocenters. The van der Waals surface area contributed by atoms with E-state index in [0.717, 1.165) is 55.2 Å². The molecule has 2 aromatic carbocycles. The van der Waals surface area contributed by atoms with E-state index in [-0.39, 0.29) is 5.56 Å². The van der Waals surface area contributed by atoms with Crippen molar-refractivity contribution in [1.29, 1.82) is 0 Å². The van der Waals surface area contributed by atoms with Gasteiger partial charge in [-0.25, -0.2) is 8.78 Å². The van der Waals surface area contributed by atoms with Crippen molar-refractivity contribution in [3.8, 4) is 11.4 Å². The highest BCUT2D eigenvalue weighted by Gasteiger charge is 2.16. The minimum atomic E-state index is -1.05. The number of benzene rings is 2. The van der Waals surface area contributed by atoms with Gasteiger partial charge in [0, 0.05) is 29.8 Å². The first kappa shape index (κ1) is 18.3. The molecule has 0 aliphatic carbocycles. The third-order valence-electron chi connectivity index (χ3n) is 4.94. The maximum Gasteiger partial charge on any atom is 0.255 e. The molecule has 3 aromatic rings. The molecule has 1 aliphatic rings. The van der Waals surface area contributed by atoms with Crippen molar-refractivity contribution in [1.82, 2.24) is 14.8 Å². The summed E-state index contributed by atoms with van der Waals surface area (Å²) in [6.07, 6.45) is 5.63. The predicted octanol–water partition coefficient (Wildman–Crippen LogP) is 4.59. The van der Waals surface area contributed by atoms with Crippen LogP contribution in [0.2, 0.25) is 0 Å². The van der Waals surface area contributed by atoms with Crippen molar-refractivity contribution in [3.63, 3.8) is 0 Å². The summed E-state index contributed by atoms with van der Waals surface area (Å²) in [5, 5.41) is 11.4. The third-order valence-corrected chi connectivity index (χ3v) is 4.94. The predicted molar refractivity (Wildman–Crippen MR) is 102 cm³/mol. The second-order valence-electron chi connectivity index (χ2n) is 6.92. The number of halogens is 2. The van der Waals surface area contributed by atoms with Gasteiger partial charge in [0.25, 0.3) is 5.91 Å². The Morgan fingerprint density at radius 2 is 1.71 bits per heavy atom. The molecule has 1 aromatic heterocycles. The molecule has 5 nitrogen and oxygen atoms in total. The average Bonchev–Trinajstić information content (AvgIpc) is 3.06. The van der Waals surface area contributed by atoms with Gasteiger partial charge in [-0.2, -0.15) is 0 Å². The number of amides is 1. The van der Waals surface area contributed by atoms with Crippen LogP contribution in [0.3, 0.4) is 0 Å². The van der Waals surface area contributed by atoms with Crippen LogP contribution in [0.15, 0.2) is 42.5 Å². The van der Waals surface area contributed by atoms with Crippen molar-refractivity contribution in [3.05, 3.63) is 65.5 Å². The highest BCUT2D eigenvalue weighted by atomic mass is 19.2. The van der Waals surface area contributed by atoms with Crippen molar-refractivity contribution in [2.24, 2.45) is 0 Å². The standard InChI is InChI=1S/C21H20F2N4O/c22-17-11-8-15(13-18(17)23)21(28)24-16-9-6-14(7-10-16)20-26-25-19-5-3-1-2-4-12-27(19)20/h6-11,13H,1-5,12H2,(H,24,28). The number of nitrogens with zero attached hydrogens (tertiary/aromatic N) is 3. The van der Waals surface area contributed by atoms with Gasteiger partial charge in [0.2, 0.25) is 0 Å². The van der Waals surface area contributed by atoms with Crippen LogP contribution < -0.4 is 5.32 Å². The van der Waals surface area contributed by atoms with E-state index in [9.17, 15) is 13.6 Å². The number of fused-ring (bicyclic) bond motifs is 1. The summed E-state index contributed by atoms with van der Waals surface area (Å²) in [7, 11) is 0. The van der Waals surface area contributed by atoms with Crippen LogP contribution in [0.25, 0.3) is 11.4 Å². The quantitative estimate of drug-likeness (QED) is 0.721. The lowest BCUT2D eigenvalue weighted by Gasteiger charge is -2.13. The summed E-state index contributed by atoms with van der Waals surface area (Å²) in [6, 6.07) is 10.3. The number of anilines is 1. The van der Waals surface area contributed by atoms with E-state index in [1.165, 1.54) is 18.9 Å². The van der Waals surface area contributed by atoms with Gasteiger partial charge in [-0.3, -0.25) is 4.79 Å². The Hall–Kier alpha value is -3.09. The summed E-state index contributed by atoms with van der Waals surface area (Å²) in [4.78, 5) is 12.2. The molecule has 0 spiro atoms. The normalized spacial score (nSPS) is 14.1. The van der Waals surface area contributed by atoms with Crippen molar-refractivity contribution in [2.45, 2.75) is 38.6 Å². The molecule has 0 saturated carbocycles. The molecule has 1 N–H and O–H groups in total. The van der Waals surface area contributed by atoms with Gasteiger partial charge < -0.3 is 9.88 Å². The van der Waals surface area contributed by atoms with E-state index < -0.39 is 17.5 Å². The fraction of sp³-hybridized carbons (Fsp3) is 0.286. The molecular weight excluding hydrogens is 362 g/mol. The molecule has 0 saturated heterocycles. The van der Waals surface area contributed by atoms with Crippen molar-refractivity contribution < 1.29 is 13.6 Å². The first-order valence-electron chi connectivity index (χ1n) is 9.41. The van der Waals surface area contributed by atoms with Gasteiger partial charge in [-0.15, -0.1) is 10.2 Å². The number of hydrogen-bond donors (Lipinski definition) is 1. The Balaban J connectivity index is 1.51. The second kappa shape index (κ2) is 7.88. The minimum absolute atomic E-state index is 0.0572. The fourth-order valence-corrected chi connectivity index (χ4v) is 3.42. The number of nitrogens with one attached hydrogen (secondary N) is 1. The zero-order valence-corrected chi connectivity index (χ0v) is 15.3. The Bertz CT molecular complexity index is 998. The van der Waals surface area contributed by atoms with E-state index in [4.69, 9.17) is 0 Å². The molecule has 0 atom stereocenters. The molecule has 2 heterocycles. The molecule has 1 amide bonds. The number of rotatable bonds is 3. The Morgan fingerprint density at radius 1 is 0.929 bits per heavy atom. The van der Waals surface area contributed by atoms with E-state index >= 15 is 0 Å². The van der Waals surface area contributed by atoms with Gasteiger partial charge in [-0.05, 0) is 55.3 Å². The molecule has 0 bridgehead atoms. The first-order chi connectivity index (χ1) is 13.6. The molecule has 0 fully saturated rings. The molecule has 1 aliphatic heterocycles. The van der Waals surface area contributed by atoms with Gasteiger partial charge in [0.05, 0.1) is 0 Å². The van der Waals surface area contributed by atoms with E-state index in [2.05, 4.69) is 20.1 Å². The minimum Gasteiger partial charge on any atom is -0.322 e. The largest absolute Gasteiger partial charge is 0.322 e. The molecule has 7 heteroatoms. The molecular formula is C21H20F2N4O. The van der Waals surface area contributed by atoms with E-state index in [0.29, 0.717) is 5.69 Å². The van der Waals surface area contributed by atoms with Crippen LogP contribution in [0.1, 0.15) is 41.9 Å². The summed E-state index contributed by atoms with van der Waals surface area (Å²) in [6.45, 7) is 0.909. The monoisotopic (exact) mass is 382 g/mol. The van der Waals surface area contributed by atoms with E-state index in [1.54, 1.807) is 12.1 Å². The third kappa shape index (κ3) is 3.78. The first-order valence-corrected chi connectivity index (χ1v) is 9.41. The van der Waals surface area contributed by atoms with Crippen LogP contribution in [-0.4, -0.2) is 20.7 Å². The highest BCUT2D eigenvalue weighted by molar-refractivity contribution is 6.04. The maximum absolute atomic E-state index is 13.3. The number of carbonyl (C=O) groups excluding carboxylic acids is 1. The lowest BCUT2D eigenvalue weighted by Crippen LogP contribution is -2.12. The smallest absolute Gasteiger partial charge is 0.255 e.